The summed E-state index contributed by atoms with van der Waals surface area (Å²) in [4.78, 5) is 0. The van der Waals surface area contributed by atoms with E-state index in [-0.39, 0.29) is 16.6 Å². The molecule has 4 heteroatoms. The zero-order valence-electron chi connectivity index (χ0n) is 10.9. The summed E-state index contributed by atoms with van der Waals surface area (Å²) in [7, 11) is 0. The van der Waals surface area contributed by atoms with Crippen molar-refractivity contribution >= 4 is 11.8 Å². The van der Waals surface area contributed by atoms with E-state index >= 15 is 0 Å². The van der Waals surface area contributed by atoms with Gasteiger partial charge in [-0.2, -0.15) is 11.8 Å². The maximum Gasteiger partial charge on any atom is 0.126 e. The van der Waals surface area contributed by atoms with Crippen LogP contribution in [0.3, 0.4) is 0 Å². The van der Waals surface area contributed by atoms with Gasteiger partial charge in [-0.3, -0.25) is 11.3 Å². The van der Waals surface area contributed by atoms with Crippen molar-refractivity contribution in [3.05, 3.63) is 35.1 Å². The Morgan fingerprint density at radius 3 is 2.53 bits per heavy atom. The predicted octanol–water partition coefficient (Wildman–Crippen LogP) is 3.17. The van der Waals surface area contributed by atoms with Crippen LogP contribution >= 0.6 is 11.8 Å². The maximum absolute atomic E-state index is 13.2. The van der Waals surface area contributed by atoms with E-state index in [1.807, 2.05) is 17.8 Å². The molecule has 0 aliphatic rings. The molecule has 1 aromatic rings. The molecule has 17 heavy (non-hydrogen) atoms. The molecule has 1 unspecified atom stereocenters. The van der Waals surface area contributed by atoms with E-state index in [4.69, 9.17) is 5.84 Å². The fourth-order valence-electron chi connectivity index (χ4n) is 1.46. The van der Waals surface area contributed by atoms with Crippen molar-refractivity contribution in [3.63, 3.8) is 0 Å². The highest BCUT2D eigenvalue weighted by Gasteiger charge is 2.16. The Kier molecular flexibility index (Phi) is 4.98. The Bertz CT molecular complexity index is 374. The van der Waals surface area contributed by atoms with Gasteiger partial charge in [-0.1, -0.05) is 32.9 Å². The van der Waals surface area contributed by atoms with Crippen LogP contribution in [0.15, 0.2) is 18.2 Å². The fourth-order valence-corrected chi connectivity index (χ4v) is 2.41. The van der Waals surface area contributed by atoms with Crippen molar-refractivity contribution in [3.8, 4) is 0 Å². The minimum atomic E-state index is -0.173. The van der Waals surface area contributed by atoms with Gasteiger partial charge in [-0.05, 0) is 24.1 Å². The molecule has 0 radical (unpaired) electrons. The zero-order valence-corrected chi connectivity index (χ0v) is 11.7. The second-order valence-electron chi connectivity index (χ2n) is 5.15. The Morgan fingerprint density at radius 1 is 1.41 bits per heavy atom. The predicted molar refractivity (Wildman–Crippen MR) is 73.4 cm³/mol. The average Bonchev–Trinajstić information content (AvgIpc) is 2.22. The third kappa shape index (κ3) is 4.66. The maximum atomic E-state index is 13.2. The summed E-state index contributed by atoms with van der Waals surface area (Å²) in [5.41, 5.74) is 4.48. The highest BCUT2D eigenvalue weighted by molar-refractivity contribution is 8.00. The first-order chi connectivity index (χ1) is 7.83. The second kappa shape index (κ2) is 5.85. The highest BCUT2D eigenvalue weighted by atomic mass is 32.2. The lowest BCUT2D eigenvalue weighted by atomic mass is 10.1. The largest absolute Gasteiger partial charge is 0.271 e. The third-order valence-electron chi connectivity index (χ3n) is 2.47. The van der Waals surface area contributed by atoms with Gasteiger partial charge < -0.3 is 0 Å². The lowest BCUT2D eigenvalue weighted by Crippen LogP contribution is -2.31. The molecule has 0 fully saturated rings. The summed E-state index contributed by atoms with van der Waals surface area (Å²) in [6, 6.07) is 5.19. The number of halogens is 1. The van der Waals surface area contributed by atoms with E-state index in [2.05, 4.69) is 26.2 Å². The summed E-state index contributed by atoms with van der Waals surface area (Å²) >= 11 is 1.83. The van der Waals surface area contributed by atoms with Gasteiger partial charge in [0.05, 0.1) is 6.04 Å². The molecule has 3 N–H and O–H groups in total. The Balaban J connectivity index is 2.76. The van der Waals surface area contributed by atoms with Gasteiger partial charge >= 0.3 is 0 Å². The number of nitrogens with two attached hydrogens (primary N) is 1. The minimum absolute atomic E-state index is 0.0542. The minimum Gasteiger partial charge on any atom is -0.271 e. The molecule has 0 heterocycles. The Hall–Kier alpha value is -0.580. The number of benzene rings is 1. The van der Waals surface area contributed by atoms with Crippen LogP contribution in [0.2, 0.25) is 0 Å². The van der Waals surface area contributed by atoms with Gasteiger partial charge in [0, 0.05) is 10.5 Å². The molecule has 2 nitrogen and oxygen atoms in total. The Labute approximate surface area is 107 Å². The van der Waals surface area contributed by atoms with E-state index < -0.39 is 0 Å². The molecule has 0 saturated heterocycles. The quantitative estimate of drug-likeness (QED) is 0.642. The van der Waals surface area contributed by atoms with Gasteiger partial charge in [-0.25, -0.2) is 4.39 Å². The molecule has 0 aliphatic carbocycles. The van der Waals surface area contributed by atoms with Crippen LogP contribution in [-0.4, -0.2) is 10.5 Å². The number of hydrogen-bond donors (Lipinski definition) is 2. The van der Waals surface area contributed by atoms with E-state index in [9.17, 15) is 4.39 Å². The number of thioether (sulfide) groups is 1. The highest BCUT2D eigenvalue weighted by Crippen LogP contribution is 2.28. The molecule has 0 aromatic heterocycles. The molecule has 1 aromatic carbocycles. The van der Waals surface area contributed by atoms with Crippen LogP contribution in [0.5, 0.6) is 0 Å². The average molecular weight is 256 g/mol. The third-order valence-corrected chi connectivity index (χ3v) is 3.83. The molecule has 0 saturated carbocycles. The molecule has 96 valence electrons. The van der Waals surface area contributed by atoms with Crippen molar-refractivity contribution in [1.29, 1.82) is 0 Å². The number of nitrogens with one attached hydrogen (secondary N) is 1. The summed E-state index contributed by atoms with van der Waals surface area (Å²) in [6.45, 7) is 8.27. The van der Waals surface area contributed by atoms with Crippen LogP contribution in [0.25, 0.3) is 0 Å². The molecule has 0 amide bonds. The lowest BCUT2D eigenvalue weighted by Gasteiger charge is -2.23. The molecule has 1 atom stereocenters. The van der Waals surface area contributed by atoms with Gasteiger partial charge in [0.25, 0.3) is 0 Å². The van der Waals surface area contributed by atoms with E-state index in [0.717, 1.165) is 11.3 Å². The number of aryl methyl sites for hydroxylation is 1. The second-order valence-corrected chi connectivity index (χ2v) is 7.00. The number of rotatable bonds is 4. The van der Waals surface area contributed by atoms with Crippen LogP contribution in [-0.2, 0) is 0 Å². The molecular weight excluding hydrogens is 235 g/mol. The van der Waals surface area contributed by atoms with E-state index in [0.29, 0.717) is 5.56 Å². The smallest absolute Gasteiger partial charge is 0.126 e. The zero-order chi connectivity index (χ0) is 13.1. The SMILES string of the molecule is Cc1cc(C(CSC(C)(C)C)NN)ccc1F. The lowest BCUT2D eigenvalue weighted by molar-refractivity contribution is 0.594. The van der Waals surface area contributed by atoms with Crippen LogP contribution in [0, 0.1) is 12.7 Å². The normalized spacial score (nSPS) is 13.8. The first-order valence-corrected chi connectivity index (χ1v) is 6.68. The van der Waals surface area contributed by atoms with Gasteiger partial charge in [0.2, 0.25) is 0 Å². The summed E-state index contributed by atoms with van der Waals surface area (Å²) in [5.74, 6) is 6.26. The van der Waals surface area contributed by atoms with Crippen molar-refractivity contribution in [2.75, 3.05) is 5.75 Å². The van der Waals surface area contributed by atoms with Gasteiger partial charge in [0.1, 0.15) is 5.82 Å². The first kappa shape index (κ1) is 14.5. The standard InChI is InChI=1S/C13H21FN2S/c1-9-7-10(5-6-11(9)14)12(16-15)8-17-13(2,3)4/h5-7,12,16H,8,15H2,1-4H3. The molecule has 0 spiro atoms. The topological polar surface area (TPSA) is 38.0 Å². The summed E-state index contributed by atoms with van der Waals surface area (Å²) < 4.78 is 13.4. The van der Waals surface area contributed by atoms with Crippen molar-refractivity contribution < 1.29 is 4.39 Å². The molecule has 0 aliphatic heterocycles. The van der Waals surface area contributed by atoms with Gasteiger partial charge in [0.15, 0.2) is 0 Å². The summed E-state index contributed by atoms with van der Waals surface area (Å²) in [6.07, 6.45) is 0. The van der Waals surface area contributed by atoms with Crippen molar-refractivity contribution in [2.24, 2.45) is 5.84 Å². The van der Waals surface area contributed by atoms with Crippen LogP contribution < -0.4 is 11.3 Å². The Morgan fingerprint density at radius 2 is 2.06 bits per heavy atom. The summed E-state index contributed by atoms with van der Waals surface area (Å²) in [5, 5.41) is 0. The number of hydrogen-bond acceptors (Lipinski definition) is 3. The van der Waals surface area contributed by atoms with Crippen LogP contribution in [0.4, 0.5) is 4.39 Å². The van der Waals surface area contributed by atoms with Crippen LogP contribution in [0.1, 0.15) is 37.9 Å². The molecule has 0 bridgehead atoms. The van der Waals surface area contributed by atoms with E-state index in [1.54, 1.807) is 13.0 Å². The first-order valence-electron chi connectivity index (χ1n) is 5.69. The van der Waals surface area contributed by atoms with Crippen molar-refractivity contribution in [1.82, 2.24) is 5.43 Å². The fraction of sp³-hybridized carbons (Fsp3) is 0.538. The molecule has 1 rings (SSSR count). The molecular formula is C13H21FN2S. The van der Waals surface area contributed by atoms with Crippen molar-refractivity contribution in [2.45, 2.75) is 38.5 Å². The van der Waals surface area contributed by atoms with E-state index in [1.165, 1.54) is 6.07 Å². The number of hydrazine groups is 1. The monoisotopic (exact) mass is 256 g/mol. The van der Waals surface area contributed by atoms with Gasteiger partial charge in [-0.15, -0.1) is 0 Å².